The highest BCUT2D eigenvalue weighted by Gasteiger charge is 2.25. The largest absolute Gasteiger partial charge is 0.385 e. The van der Waals surface area contributed by atoms with Crippen molar-refractivity contribution in [3.8, 4) is 0 Å². The van der Waals surface area contributed by atoms with Crippen LogP contribution in [0.1, 0.15) is 30.4 Å². The minimum Gasteiger partial charge on any atom is -0.385 e. The van der Waals surface area contributed by atoms with Gasteiger partial charge in [0.25, 0.3) is 0 Å². The third-order valence-electron chi connectivity index (χ3n) is 2.41. The molecule has 2 atom stereocenters. The molecule has 0 aliphatic heterocycles. The maximum absolute atomic E-state index is 10.1. The van der Waals surface area contributed by atoms with Crippen molar-refractivity contribution in [2.75, 3.05) is 7.11 Å². The van der Waals surface area contributed by atoms with Crippen LogP contribution in [0.15, 0.2) is 11.4 Å². The van der Waals surface area contributed by atoms with Gasteiger partial charge in [0.2, 0.25) is 0 Å². The fraction of sp³-hybridized carbons (Fsp3) is 0.636. The molecule has 1 rings (SSSR count). The summed E-state index contributed by atoms with van der Waals surface area (Å²) in [4.78, 5) is 1.02. The van der Waals surface area contributed by atoms with E-state index >= 15 is 0 Å². The van der Waals surface area contributed by atoms with Gasteiger partial charge in [0.05, 0.1) is 6.10 Å². The Balaban J connectivity index is 2.83. The van der Waals surface area contributed by atoms with Crippen molar-refractivity contribution in [3.05, 3.63) is 21.9 Å². The first-order valence-corrected chi connectivity index (χ1v) is 5.70. The Hall–Kier alpha value is -0.380. The smallest absolute Gasteiger partial charge is 0.115 e. The number of hydrogen-bond donors (Lipinski definition) is 1. The maximum atomic E-state index is 10.1. The standard InChI is InChI=1S/C11H18O2S/c1-7(2)10(13-4)9(12)11-8(3)5-6-14-11/h5-7,9-10,12H,1-4H3. The molecule has 0 radical (unpaired) electrons. The lowest BCUT2D eigenvalue weighted by atomic mass is 9.99. The molecule has 0 saturated carbocycles. The van der Waals surface area contributed by atoms with E-state index in [1.807, 2.05) is 18.4 Å². The molecule has 0 amide bonds. The summed E-state index contributed by atoms with van der Waals surface area (Å²) in [6.45, 7) is 6.13. The second kappa shape index (κ2) is 4.91. The summed E-state index contributed by atoms with van der Waals surface area (Å²) >= 11 is 1.59. The molecule has 0 aliphatic carbocycles. The summed E-state index contributed by atoms with van der Waals surface area (Å²) in [5.41, 5.74) is 1.14. The highest BCUT2D eigenvalue weighted by atomic mass is 32.1. The summed E-state index contributed by atoms with van der Waals surface area (Å²) in [6, 6.07) is 2.02. The Kier molecular flexibility index (Phi) is 4.11. The van der Waals surface area contributed by atoms with E-state index in [4.69, 9.17) is 4.74 Å². The Labute approximate surface area is 89.5 Å². The van der Waals surface area contributed by atoms with Crippen LogP contribution in [0, 0.1) is 12.8 Å². The summed E-state index contributed by atoms with van der Waals surface area (Å²) in [5.74, 6) is 0.316. The zero-order chi connectivity index (χ0) is 10.7. The quantitative estimate of drug-likeness (QED) is 0.835. The molecule has 80 valence electrons. The molecule has 2 nitrogen and oxygen atoms in total. The lowest BCUT2D eigenvalue weighted by Crippen LogP contribution is -2.26. The third-order valence-corrected chi connectivity index (χ3v) is 3.50. The Bertz CT molecular complexity index is 281. The van der Waals surface area contributed by atoms with Crippen molar-refractivity contribution in [2.45, 2.75) is 33.0 Å². The Morgan fingerprint density at radius 2 is 2.07 bits per heavy atom. The van der Waals surface area contributed by atoms with Gasteiger partial charge in [-0.3, -0.25) is 0 Å². The van der Waals surface area contributed by atoms with Crippen molar-refractivity contribution in [3.63, 3.8) is 0 Å². The molecule has 0 fully saturated rings. The zero-order valence-corrected chi connectivity index (χ0v) is 9.97. The fourth-order valence-electron chi connectivity index (χ4n) is 1.60. The van der Waals surface area contributed by atoms with Crippen LogP contribution in [0.3, 0.4) is 0 Å². The molecule has 0 saturated heterocycles. The average molecular weight is 214 g/mol. The van der Waals surface area contributed by atoms with Crippen LogP contribution in [0.5, 0.6) is 0 Å². The van der Waals surface area contributed by atoms with Crippen molar-refractivity contribution in [2.24, 2.45) is 5.92 Å². The summed E-state index contributed by atoms with van der Waals surface area (Å²) in [5, 5.41) is 12.1. The van der Waals surface area contributed by atoms with Crippen molar-refractivity contribution in [1.29, 1.82) is 0 Å². The van der Waals surface area contributed by atoms with Crippen LogP contribution in [0.25, 0.3) is 0 Å². The SMILES string of the molecule is COC(C(C)C)C(O)c1sccc1C. The normalized spacial score (nSPS) is 15.9. The van der Waals surface area contributed by atoms with E-state index in [1.165, 1.54) is 0 Å². The average Bonchev–Trinajstić information content (AvgIpc) is 2.51. The van der Waals surface area contributed by atoms with Crippen molar-refractivity contribution < 1.29 is 9.84 Å². The molecule has 0 aliphatic rings. The van der Waals surface area contributed by atoms with E-state index in [9.17, 15) is 5.11 Å². The van der Waals surface area contributed by atoms with E-state index in [0.717, 1.165) is 10.4 Å². The number of methoxy groups -OCH3 is 1. The molecule has 0 bridgehead atoms. The Morgan fingerprint density at radius 3 is 2.43 bits per heavy atom. The zero-order valence-electron chi connectivity index (χ0n) is 9.15. The molecule has 1 N–H and O–H groups in total. The number of aryl methyl sites for hydroxylation is 1. The van der Waals surface area contributed by atoms with Crippen LogP contribution in [-0.2, 0) is 4.74 Å². The molecule has 1 heterocycles. The highest BCUT2D eigenvalue weighted by Crippen LogP contribution is 2.30. The van der Waals surface area contributed by atoms with Crippen molar-refractivity contribution in [1.82, 2.24) is 0 Å². The van der Waals surface area contributed by atoms with E-state index in [1.54, 1.807) is 18.4 Å². The van der Waals surface area contributed by atoms with Gasteiger partial charge >= 0.3 is 0 Å². The number of rotatable bonds is 4. The molecule has 14 heavy (non-hydrogen) atoms. The number of hydrogen-bond acceptors (Lipinski definition) is 3. The van der Waals surface area contributed by atoms with Gasteiger partial charge in [-0.25, -0.2) is 0 Å². The maximum Gasteiger partial charge on any atom is 0.115 e. The minimum atomic E-state index is -0.500. The topological polar surface area (TPSA) is 29.5 Å². The number of ether oxygens (including phenoxy) is 1. The van der Waals surface area contributed by atoms with E-state index < -0.39 is 6.10 Å². The van der Waals surface area contributed by atoms with Crippen LogP contribution in [0.2, 0.25) is 0 Å². The number of thiophene rings is 1. The molecular formula is C11H18O2S. The molecule has 1 aromatic heterocycles. The summed E-state index contributed by atoms with van der Waals surface area (Å²) in [6.07, 6.45) is -0.618. The highest BCUT2D eigenvalue weighted by molar-refractivity contribution is 7.10. The second-order valence-electron chi connectivity index (χ2n) is 3.86. The first-order valence-electron chi connectivity index (χ1n) is 4.82. The number of aliphatic hydroxyl groups is 1. The van der Waals surface area contributed by atoms with Gasteiger partial charge in [0, 0.05) is 12.0 Å². The van der Waals surface area contributed by atoms with E-state index in [2.05, 4.69) is 13.8 Å². The first kappa shape index (κ1) is 11.7. The van der Waals surface area contributed by atoms with Crippen LogP contribution in [-0.4, -0.2) is 18.3 Å². The van der Waals surface area contributed by atoms with Gasteiger partial charge < -0.3 is 9.84 Å². The van der Waals surface area contributed by atoms with Gasteiger partial charge in [-0.2, -0.15) is 0 Å². The minimum absolute atomic E-state index is 0.118. The second-order valence-corrected chi connectivity index (χ2v) is 4.80. The lowest BCUT2D eigenvalue weighted by molar-refractivity contribution is -0.0377. The predicted molar refractivity (Wildman–Crippen MR) is 59.7 cm³/mol. The molecule has 2 unspecified atom stereocenters. The first-order chi connectivity index (χ1) is 6.57. The van der Waals surface area contributed by atoms with Crippen LogP contribution in [0.4, 0.5) is 0 Å². The van der Waals surface area contributed by atoms with Crippen LogP contribution < -0.4 is 0 Å². The van der Waals surface area contributed by atoms with E-state index in [0.29, 0.717) is 5.92 Å². The van der Waals surface area contributed by atoms with Gasteiger partial charge in [0.1, 0.15) is 6.10 Å². The van der Waals surface area contributed by atoms with Gasteiger partial charge in [0.15, 0.2) is 0 Å². The van der Waals surface area contributed by atoms with Crippen LogP contribution >= 0.6 is 11.3 Å². The van der Waals surface area contributed by atoms with Crippen molar-refractivity contribution >= 4 is 11.3 Å². The predicted octanol–water partition coefficient (Wildman–Crippen LogP) is 2.76. The molecule has 0 spiro atoms. The Morgan fingerprint density at radius 1 is 1.43 bits per heavy atom. The molecule has 0 aromatic carbocycles. The monoisotopic (exact) mass is 214 g/mol. The molecular weight excluding hydrogens is 196 g/mol. The molecule has 1 aromatic rings. The third kappa shape index (κ3) is 2.35. The molecule has 3 heteroatoms. The lowest BCUT2D eigenvalue weighted by Gasteiger charge is -2.24. The number of aliphatic hydroxyl groups excluding tert-OH is 1. The van der Waals surface area contributed by atoms with Gasteiger partial charge in [-0.05, 0) is 29.9 Å². The van der Waals surface area contributed by atoms with E-state index in [-0.39, 0.29) is 6.10 Å². The van der Waals surface area contributed by atoms with Gasteiger partial charge in [-0.15, -0.1) is 11.3 Å². The summed E-state index contributed by atoms with van der Waals surface area (Å²) in [7, 11) is 1.65. The summed E-state index contributed by atoms with van der Waals surface area (Å²) < 4.78 is 5.31. The fourth-order valence-corrected chi connectivity index (χ4v) is 2.55. The van der Waals surface area contributed by atoms with Gasteiger partial charge in [-0.1, -0.05) is 13.8 Å².